The van der Waals surface area contributed by atoms with Crippen molar-refractivity contribution in [1.29, 1.82) is 0 Å². The smallest absolute Gasteiger partial charge is 0.244 e. The number of nitrogens with zero attached hydrogens (tertiary/aromatic N) is 1. The zero-order valence-electron chi connectivity index (χ0n) is 11.1. The van der Waals surface area contributed by atoms with E-state index in [4.69, 9.17) is 5.84 Å². The minimum atomic E-state index is -3.60. The van der Waals surface area contributed by atoms with E-state index in [1.807, 2.05) is 6.92 Å². The fourth-order valence-electron chi connectivity index (χ4n) is 1.51. The standard InChI is InChI=1S/C11H20N4O2S2/c1-3-18-7-5-9(2)15-19(16,17)11-8-13-6-4-10(11)14-12/h4,6,8-9,15H,3,5,7,12H2,1-2H3,(H,13,14). The van der Waals surface area contributed by atoms with Crippen molar-refractivity contribution in [2.24, 2.45) is 5.84 Å². The molecule has 0 amide bonds. The molecule has 6 nitrogen and oxygen atoms in total. The molecule has 0 fully saturated rings. The van der Waals surface area contributed by atoms with Gasteiger partial charge in [0.05, 0.1) is 5.69 Å². The van der Waals surface area contributed by atoms with Crippen LogP contribution in [0.15, 0.2) is 23.4 Å². The summed E-state index contributed by atoms with van der Waals surface area (Å²) >= 11 is 1.79. The average molecular weight is 304 g/mol. The maximum atomic E-state index is 12.2. The van der Waals surface area contributed by atoms with Gasteiger partial charge in [0.15, 0.2) is 0 Å². The van der Waals surface area contributed by atoms with Crippen LogP contribution < -0.4 is 16.0 Å². The second-order valence-corrected chi connectivity index (χ2v) is 7.10. The van der Waals surface area contributed by atoms with Crippen molar-refractivity contribution in [3.05, 3.63) is 18.5 Å². The number of aromatic nitrogens is 1. The molecule has 19 heavy (non-hydrogen) atoms. The molecule has 0 radical (unpaired) electrons. The van der Waals surface area contributed by atoms with Crippen molar-refractivity contribution in [3.8, 4) is 0 Å². The van der Waals surface area contributed by atoms with Gasteiger partial charge in [-0.05, 0) is 30.9 Å². The topological polar surface area (TPSA) is 97.1 Å². The van der Waals surface area contributed by atoms with Gasteiger partial charge in [-0.15, -0.1) is 0 Å². The molecule has 0 spiro atoms. The second-order valence-electron chi connectivity index (χ2n) is 4.02. The molecule has 0 bridgehead atoms. The van der Waals surface area contributed by atoms with Crippen molar-refractivity contribution < 1.29 is 8.42 Å². The number of anilines is 1. The van der Waals surface area contributed by atoms with Crippen molar-refractivity contribution in [2.75, 3.05) is 16.9 Å². The lowest BCUT2D eigenvalue weighted by atomic mass is 10.3. The van der Waals surface area contributed by atoms with Crippen molar-refractivity contribution in [3.63, 3.8) is 0 Å². The number of nitrogens with one attached hydrogen (secondary N) is 2. The quantitative estimate of drug-likeness (QED) is 0.379. The van der Waals surface area contributed by atoms with Crippen molar-refractivity contribution in [1.82, 2.24) is 9.71 Å². The van der Waals surface area contributed by atoms with Gasteiger partial charge in [0, 0.05) is 18.4 Å². The zero-order chi connectivity index (χ0) is 14.3. The molecule has 4 N–H and O–H groups in total. The van der Waals surface area contributed by atoms with Crippen LogP contribution in [0.3, 0.4) is 0 Å². The number of sulfonamides is 1. The molecular formula is C11H20N4O2S2. The Labute approximate surface area is 118 Å². The molecule has 1 aromatic heterocycles. The van der Waals surface area contributed by atoms with E-state index in [1.165, 1.54) is 18.5 Å². The summed E-state index contributed by atoms with van der Waals surface area (Å²) in [6, 6.07) is 1.39. The first-order valence-electron chi connectivity index (χ1n) is 6.02. The van der Waals surface area contributed by atoms with Crippen LogP contribution in [0.5, 0.6) is 0 Å². The van der Waals surface area contributed by atoms with Crippen LogP contribution in [0.25, 0.3) is 0 Å². The van der Waals surface area contributed by atoms with E-state index in [0.29, 0.717) is 5.69 Å². The largest absolute Gasteiger partial charge is 0.323 e. The molecule has 1 aromatic rings. The van der Waals surface area contributed by atoms with E-state index < -0.39 is 10.0 Å². The van der Waals surface area contributed by atoms with Gasteiger partial charge < -0.3 is 5.43 Å². The highest BCUT2D eigenvalue weighted by Crippen LogP contribution is 2.18. The number of rotatable bonds is 8. The summed E-state index contributed by atoms with van der Waals surface area (Å²) in [5.41, 5.74) is 2.70. The number of thioether (sulfide) groups is 1. The van der Waals surface area contributed by atoms with E-state index in [9.17, 15) is 8.42 Å². The third-order valence-corrected chi connectivity index (χ3v) is 5.03. The SMILES string of the molecule is CCSCCC(C)NS(=O)(=O)c1cnccc1NN. The Morgan fingerprint density at radius 2 is 2.26 bits per heavy atom. The number of pyridine rings is 1. The number of hydrogen-bond acceptors (Lipinski definition) is 6. The normalized spacial score (nSPS) is 13.2. The maximum Gasteiger partial charge on any atom is 0.244 e. The highest BCUT2D eigenvalue weighted by Gasteiger charge is 2.20. The lowest BCUT2D eigenvalue weighted by Gasteiger charge is -2.15. The molecule has 108 valence electrons. The van der Waals surface area contributed by atoms with Crippen molar-refractivity contribution in [2.45, 2.75) is 31.2 Å². The molecule has 0 aliphatic carbocycles. The minimum Gasteiger partial charge on any atom is -0.323 e. The molecule has 8 heteroatoms. The highest BCUT2D eigenvalue weighted by atomic mass is 32.2. The average Bonchev–Trinajstić information content (AvgIpc) is 2.38. The molecule has 0 aromatic carbocycles. The maximum absolute atomic E-state index is 12.2. The Balaban J connectivity index is 2.75. The Morgan fingerprint density at radius 1 is 1.53 bits per heavy atom. The Bertz CT molecular complexity index is 493. The van der Waals surface area contributed by atoms with E-state index in [-0.39, 0.29) is 10.9 Å². The molecule has 0 aliphatic rings. The number of hydrogen-bond donors (Lipinski definition) is 3. The molecule has 1 rings (SSSR count). The van der Waals surface area contributed by atoms with Crippen LogP contribution in [-0.2, 0) is 10.0 Å². The molecular weight excluding hydrogens is 284 g/mol. The fourth-order valence-corrected chi connectivity index (χ4v) is 3.70. The van der Waals surface area contributed by atoms with Crippen LogP contribution in [0, 0.1) is 0 Å². The first-order valence-corrected chi connectivity index (χ1v) is 8.65. The molecule has 1 atom stereocenters. The first-order chi connectivity index (χ1) is 9.01. The Morgan fingerprint density at radius 3 is 2.89 bits per heavy atom. The van der Waals surface area contributed by atoms with Crippen LogP contribution >= 0.6 is 11.8 Å². The van der Waals surface area contributed by atoms with Gasteiger partial charge in [-0.1, -0.05) is 6.92 Å². The van der Waals surface area contributed by atoms with Gasteiger partial charge in [-0.2, -0.15) is 11.8 Å². The van der Waals surface area contributed by atoms with Crippen LogP contribution in [-0.4, -0.2) is 30.9 Å². The summed E-state index contributed by atoms with van der Waals surface area (Å²) in [6.07, 6.45) is 3.55. The van der Waals surface area contributed by atoms with Gasteiger partial charge >= 0.3 is 0 Å². The molecule has 1 heterocycles. The monoisotopic (exact) mass is 304 g/mol. The second kappa shape index (κ2) is 7.68. The zero-order valence-corrected chi connectivity index (χ0v) is 12.7. The lowest BCUT2D eigenvalue weighted by Crippen LogP contribution is -2.33. The van der Waals surface area contributed by atoms with E-state index in [1.54, 1.807) is 11.8 Å². The number of nitrogen functional groups attached to an aromatic ring is 1. The fraction of sp³-hybridized carbons (Fsp3) is 0.545. The van der Waals surface area contributed by atoms with Gasteiger partial charge in [-0.25, -0.2) is 13.1 Å². The summed E-state index contributed by atoms with van der Waals surface area (Å²) in [5.74, 6) is 7.26. The molecule has 0 saturated heterocycles. The third-order valence-electron chi connectivity index (χ3n) is 2.49. The van der Waals surface area contributed by atoms with Crippen LogP contribution in [0.2, 0.25) is 0 Å². The predicted octanol–water partition coefficient (Wildman–Crippen LogP) is 1.18. The molecule has 0 aliphatic heterocycles. The van der Waals surface area contributed by atoms with Gasteiger partial charge in [0.2, 0.25) is 10.0 Å². The molecule has 0 saturated carbocycles. The predicted molar refractivity (Wildman–Crippen MR) is 79.4 cm³/mol. The molecule has 1 unspecified atom stereocenters. The van der Waals surface area contributed by atoms with Crippen LogP contribution in [0.4, 0.5) is 5.69 Å². The van der Waals surface area contributed by atoms with E-state index >= 15 is 0 Å². The summed E-state index contributed by atoms with van der Waals surface area (Å²) in [5, 5.41) is 0. The minimum absolute atomic E-state index is 0.0625. The summed E-state index contributed by atoms with van der Waals surface area (Å²) < 4.78 is 27.0. The van der Waals surface area contributed by atoms with Gasteiger partial charge in [-0.3, -0.25) is 10.8 Å². The summed E-state index contributed by atoms with van der Waals surface area (Å²) in [6.45, 7) is 3.92. The van der Waals surface area contributed by atoms with Crippen molar-refractivity contribution >= 4 is 27.5 Å². The summed E-state index contributed by atoms with van der Waals surface area (Å²) in [7, 11) is -3.60. The van der Waals surface area contributed by atoms with E-state index in [2.05, 4.69) is 22.1 Å². The van der Waals surface area contributed by atoms with Crippen LogP contribution in [0.1, 0.15) is 20.3 Å². The highest BCUT2D eigenvalue weighted by molar-refractivity contribution is 7.99. The number of nitrogens with two attached hydrogens (primary N) is 1. The first kappa shape index (κ1) is 16.2. The Hall–Kier alpha value is -0.830. The third kappa shape index (κ3) is 4.98. The van der Waals surface area contributed by atoms with Gasteiger partial charge in [0.1, 0.15) is 4.90 Å². The number of hydrazine groups is 1. The Kier molecular flexibility index (Phi) is 6.56. The lowest BCUT2D eigenvalue weighted by molar-refractivity contribution is 0.557. The van der Waals surface area contributed by atoms with E-state index in [0.717, 1.165) is 17.9 Å². The van der Waals surface area contributed by atoms with Gasteiger partial charge in [0.25, 0.3) is 0 Å². The summed E-state index contributed by atoms with van der Waals surface area (Å²) in [4.78, 5) is 3.89.